The summed E-state index contributed by atoms with van der Waals surface area (Å²) in [6, 6.07) is 67.1. The van der Waals surface area contributed by atoms with Crippen molar-refractivity contribution in [2.45, 2.75) is 0 Å². The predicted octanol–water partition coefficient (Wildman–Crippen LogP) is 13.2. The van der Waals surface area contributed by atoms with Crippen molar-refractivity contribution in [2.24, 2.45) is 0 Å². The van der Waals surface area contributed by atoms with Gasteiger partial charge in [-0.2, -0.15) is 0 Å². The van der Waals surface area contributed by atoms with Crippen LogP contribution in [-0.2, 0) is 0 Å². The molecule has 0 saturated heterocycles. The topological polar surface area (TPSA) is 64.5 Å². The zero-order valence-electron chi connectivity index (χ0n) is 31.4. The Hall–Kier alpha value is -7.89. The summed E-state index contributed by atoms with van der Waals surface area (Å²) < 4.78 is 0. The molecule has 6 aromatic carbocycles. The standard InChI is InChI=1S/C53H35N5/c1-3-13-36(14-4-1)40-24-25-47-51(35-40)57-53(58-52(47)39-15-5-2-6-16-39)46-32-42(31-45(34-46)50-19-9-12-28-56-50)38-22-20-37(21-23-38)41-29-43(48-17-7-10-26-54-48)33-44(30-41)49-18-8-11-27-55-49/h1-35H. The summed E-state index contributed by atoms with van der Waals surface area (Å²) >= 11 is 0. The summed E-state index contributed by atoms with van der Waals surface area (Å²) in [6.45, 7) is 0. The Morgan fingerprint density at radius 2 is 0.672 bits per heavy atom. The van der Waals surface area contributed by atoms with E-state index in [4.69, 9.17) is 15.0 Å². The number of hydrogen-bond donors (Lipinski definition) is 0. The lowest BCUT2D eigenvalue weighted by atomic mass is 9.94. The summed E-state index contributed by atoms with van der Waals surface area (Å²) in [5.74, 6) is 0.653. The van der Waals surface area contributed by atoms with E-state index < -0.39 is 0 Å². The molecule has 5 heteroatoms. The summed E-state index contributed by atoms with van der Waals surface area (Å²) in [5, 5.41) is 1.00. The summed E-state index contributed by atoms with van der Waals surface area (Å²) in [4.78, 5) is 24.6. The normalized spacial score (nSPS) is 11.1. The fraction of sp³-hybridized carbons (Fsp3) is 0. The van der Waals surface area contributed by atoms with Gasteiger partial charge in [0.1, 0.15) is 0 Å². The molecule has 0 fully saturated rings. The van der Waals surface area contributed by atoms with Gasteiger partial charge in [-0.25, -0.2) is 9.97 Å². The van der Waals surface area contributed by atoms with Crippen LogP contribution in [0.5, 0.6) is 0 Å². The minimum absolute atomic E-state index is 0.653. The molecular weight excluding hydrogens is 707 g/mol. The molecule has 0 aliphatic rings. The average Bonchev–Trinajstić information content (AvgIpc) is 3.32. The quantitative estimate of drug-likeness (QED) is 0.155. The predicted molar refractivity (Wildman–Crippen MR) is 236 cm³/mol. The number of hydrogen-bond acceptors (Lipinski definition) is 5. The lowest BCUT2D eigenvalue weighted by molar-refractivity contribution is 1.23. The van der Waals surface area contributed by atoms with Crippen molar-refractivity contribution in [1.82, 2.24) is 24.9 Å². The zero-order valence-corrected chi connectivity index (χ0v) is 31.4. The van der Waals surface area contributed by atoms with E-state index >= 15 is 0 Å². The summed E-state index contributed by atoms with van der Waals surface area (Å²) in [6.07, 6.45) is 5.50. The maximum absolute atomic E-state index is 5.29. The number of nitrogens with zero attached hydrogens (tertiary/aromatic N) is 5. The van der Waals surface area contributed by atoms with Crippen molar-refractivity contribution in [3.05, 3.63) is 213 Å². The molecule has 0 atom stereocenters. The maximum Gasteiger partial charge on any atom is 0.160 e. The molecule has 4 aromatic heterocycles. The van der Waals surface area contributed by atoms with E-state index in [1.165, 1.54) is 0 Å². The molecule has 0 spiro atoms. The van der Waals surface area contributed by atoms with Crippen LogP contribution in [0, 0.1) is 0 Å². The highest BCUT2D eigenvalue weighted by Crippen LogP contribution is 2.37. The second kappa shape index (κ2) is 15.3. The van der Waals surface area contributed by atoms with Gasteiger partial charge < -0.3 is 0 Å². The Balaban J connectivity index is 1.10. The van der Waals surface area contributed by atoms with E-state index in [-0.39, 0.29) is 0 Å². The van der Waals surface area contributed by atoms with Gasteiger partial charge in [0.25, 0.3) is 0 Å². The Morgan fingerprint density at radius 3 is 1.17 bits per heavy atom. The van der Waals surface area contributed by atoms with Crippen LogP contribution in [0.4, 0.5) is 0 Å². The number of benzene rings is 6. The number of pyridine rings is 3. The van der Waals surface area contributed by atoms with Gasteiger partial charge >= 0.3 is 0 Å². The van der Waals surface area contributed by atoms with Crippen LogP contribution in [0.3, 0.4) is 0 Å². The van der Waals surface area contributed by atoms with E-state index in [2.05, 4.69) is 137 Å². The first-order valence-electron chi connectivity index (χ1n) is 19.3. The molecule has 272 valence electrons. The summed E-state index contributed by atoms with van der Waals surface area (Å²) in [5.41, 5.74) is 16.1. The van der Waals surface area contributed by atoms with E-state index in [9.17, 15) is 0 Å². The lowest BCUT2D eigenvalue weighted by Gasteiger charge is -2.14. The SMILES string of the molecule is c1ccc(-c2ccc3c(-c4ccccc4)nc(-c4cc(-c5ccc(-c6cc(-c7ccccn7)cc(-c7ccccn7)c6)cc5)cc(-c5ccccn5)c4)nc3c2)cc1. The molecule has 0 N–H and O–H groups in total. The van der Waals surface area contributed by atoms with Gasteiger partial charge in [-0.1, -0.05) is 109 Å². The van der Waals surface area contributed by atoms with Crippen molar-refractivity contribution in [3.63, 3.8) is 0 Å². The first-order valence-corrected chi connectivity index (χ1v) is 19.3. The molecule has 0 radical (unpaired) electrons. The van der Waals surface area contributed by atoms with Gasteiger partial charge in [-0.15, -0.1) is 0 Å². The van der Waals surface area contributed by atoms with Crippen LogP contribution in [0.25, 0.3) is 101 Å². The molecular formula is C53H35N5. The van der Waals surface area contributed by atoms with Crippen LogP contribution >= 0.6 is 0 Å². The molecule has 0 bridgehead atoms. The van der Waals surface area contributed by atoms with Gasteiger partial charge in [-0.05, 0) is 118 Å². The fourth-order valence-electron chi connectivity index (χ4n) is 7.50. The van der Waals surface area contributed by atoms with Crippen molar-refractivity contribution in [2.75, 3.05) is 0 Å². The highest BCUT2D eigenvalue weighted by molar-refractivity contribution is 5.96. The van der Waals surface area contributed by atoms with Crippen LogP contribution < -0.4 is 0 Å². The highest BCUT2D eigenvalue weighted by Gasteiger charge is 2.16. The molecule has 58 heavy (non-hydrogen) atoms. The third-order valence-corrected chi connectivity index (χ3v) is 10.4. The smallest absolute Gasteiger partial charge is 0.160 e. The van der Waals surface area contributed by atoms with Gasteiger partial charge in [0.15, 0.2) is 5.82 Å². The zero-order chi connectivity index (χ0) is 38.7. The molecule has 10 aromatic rings. The van der Waals surface area contributed by atoms with Crippen molar-refractivity contribution < 1.29 is 0 Å². The van der Waals surface area contributed by atoms with Crippen LogP contribution in [0.15, 0.2) is 213 Å². The van der Waals surface area contributed by atoms with Crippen LogP contribution in [-0.4, -0.2) is 24.9 Å². The second-order valence-corrected chi connectivity index (χ2v) is 14.2. The molecule has 0 amide bonds. The molecule has 0 aliphatic heterocycles. The van der Waals surface area contributed by atoms with Crippen molar-refractivity contribution in [1.29, 1.82) is 0 Å². The molecule has 5 nitrogen and oxygen atoms in total. The molecule has 0 aliphatic carbocycles. The highest BCUT2D eigenvalue weighted by atomic mass is 14.9. The maximum atomic E-state index is 5.29. The first kappa shape index (κ1) is 34.6. The van der Waals surface area contributed by atoms with Crippen molar-refractivity contribution in [3.8, 4) is 89.8 Å². The fourth-order valence-corrected chi connectivity index (χ4v) is 7.50. The van der Waals surface area contributed by atoms with Crippen molar-refractivity contribution >= 4 is 10.9 Å². The van der Waals surface area contributed by atoms with Crippen LogP contribution in [0.1, 0.15) is 0 Å². The molecule has 10 rings (SSSR count). The van der Waals surface area contributed by atoms with E-state index in [0.29, 0.717) is 5.82 Å². The van der Waals surface area contributed by atoms with E-state index in [0.717, 1.165) is 94.9 Å². The lowest BCUT2D eigenvalue weighted by Crippen LogP contribution is -1.97. The van der Waals surface area contributed by atoms with Gasteiger partial charge in [0.05, 0.1) is 28.3 Å². The van der Waals surface area contributed by atoms with Gasteiger partial charge in [0, 0.05) is 51.8 Å². The number of fused-ring (bicyclic) bond motifs is 1. The molecule has 0 saturated carbocycles. The number of rotatable bonds is 8. The second-order valence-electron chi connectivity index (χ2n) is 14.2. The average molecular weight is 742 g/mol. The van der Waals surface area contributed by atoms with E-state index in [1.54, 1.807) is 0 Å². The Morgan fingerprint density at radius 1 is 0.259 bits per heavy atom. The molecule has 0 unspecified atom stereocenters. The third-order valence-electron chi connectivity index (χ3n) is 10.4. The summed E-state index contributed by atoms with van der Waals surface area (Å²) in [7, 11) is 0. The van der Waals surface area contributed by atoms with Gasteiger partial charge in [-0.3, -0.25) is 15.0 Å². The van der Waals surface area contributed by atoms with E-state index in [1.807, 2.05) is 85.3 Å². The minimum Gasteiger partial charge on any atom is -0.256 e. The monoisotopic (exact) mass is 741 g/mol. The Bertz CT molecular complexity index is 2950. The van der Waals surface area contributed by atoms with Gasteiger partial charge in [0.2, 0.25) is 0 Å². The third kappa shape index (κ3) is 7.04. The minimum atomic E-state index is 0.653. The van der Waals surface area contributed by atoms with Crippen LogP contribution in [0.2, 0.25) is 0 Å². The Labute approximate surface area is 337 Å². The molecule has 4 heterocycles. The largest absolute Gasteiger partial charge is 0.256 e. The number of aromatic nitrogens is 5. The first-order chi connectivity index (χ1) is 28.7. The Kier molecular flexibility index (Phi) is 9.14.